The molecule has 1 aliphatic heterocycles. The lowest BCUT2D eigenvalue weighted by atomic mass is 9.53. The summed E-state index contributed by atoms with van der Waals surface area (Å²) >= 11 is 0. The highest BCUT2D eigenvalue weighted by molar-refractivity contribution is 5.77. The molecule has 0 atom stereocenters. The van der Waals surface area contributed by atoms with Gasteiger partial charge in [-0.25, -0.2) is 0 Å². The summed E-state index contributed by atoms with van der Waals surface area (Å²) in [5.74, 6) is 4.42. The van der Waals surface area contributed by atoms with Crippen LogP contribution in [0.5, 0.6) is 11.5 Å². The van der Waals surface area contributed by atoms with Crippen molar-refractivity contribution in [3.05, 3.63) is 23.8 Å². The van der Waals surface area contributed by atoms with Gasteiger partial charge in [-0.1, -0.05) is 6.07 Å². The second-order valence-corrected chi connectivity index (χ2v) is 8.43. The van der Waals surface area contributed by atoms with Crippen molar-refractivity contribution < 1.29 is 14.3 Å². The second-order valence-electron chi connectivity index (χ2n) is 8.43. The Morgan fingerprint density at radius 2 is 1.71 bits per heavy atom. The summed E-state index contributed by atoms with van der Waals surface area (Å²) in [7, 11) is 0. The first-order chi connectivity index (χ1) is 11.7. The molecule has 1 heterocycles. The molecule has 4 nitrogen and oxygen atoms in total. The van der Waals surface area contributed by atoms with Crippen LogP contribution in [0.1, 0.15) is 50.5 Å². The van der Waals surface area contributed by atoms with Gasteiger partial charge in [-0.15, -0.1) is 0 Å². The maximum absolute atomic E-state index is 12.6. The lowest BCUT2D eigenvalue weighted by molar-refractivity contribution is -0.126. The Balaban J connectivity index is 1.21. The fourth-order valence-corrected chi connectivity index (χ4v) is 5.98. The predicted molar refractivity (Wildman–Crippen MR) is 89.9 cm³/mol. The standard InChI is InChI=1S/C20H25NO3/c22-19(4-2-13-1-3-17-18(8-13)24-12-23-17)21-20-9-14-5-15(10-20)7-16(6-14)11-20/h1,3,8,14-16H,2,4-7,9-12H2,(H,21,22). The molecule has 1 N–H and O–H groups in total. The van der Waals surface area contributed by atoms with Gasteiger partial charge in [0.25, 0.3) is 0 Å². The van der Waals surface area contributed by atoms with Crippen LogP contribution in [-0.2, 0) is 11.2 Å². The third kappa shape index (κ3) is 2.56. The Bertz CT molecular complexity index is 634. The van der Waals surface area contributed by atoms with E-state index in [1.54, 1.807) is 0 Å². The van der Waals surface area contributed by atoms with E-state index < -0.39 is 0 Å². The number of carbonyl (C=O) groups excluding carboxylic acids is 1. The first-order valence-corrected chi connectivity index (χ1v) is 9.37. The first-order valence-electron chi connectivity index (χ1n) is 9.37. The van der Waals surface area contributed by atoms with Crippen molar-refractivity contribution in [3.8, 4) is 11.5 Å². The molecule has 1 aromatic carbocycles. The molecule has 1 aromatic rings. The van der Waals surface area contributed by atoms with Crippen molar-refractivity contribution in [3.63, 3.8) is 0 Å². The topological polar surface area (TPSA) is 47.6 Å². The molecule has 4 aliphatic carbocycles. The van der Waals surface area contributed by atoms with Gasteiger partial charge in [-0.05, 0) is 80.4 Å². The molecule has 1 amide bonds. The molecular formula is C20H25NO3. The number of ether oxygens (including phenoxy) is 2. The van der Waals surface area contributed by atoms with Crippen LogP contribution in [0.4, 0.5) is 0 Å². The average molecular weight is 327 g/mol. The normalized spacial score (nSPS) is 35.2. The molecule has 0 aromatic heterocycles. The fourth-order valence-electron chi connectivity index (χ4n) is 5.98. The van der Waals surface area contributed by atoms with Crippen LogP contribution < -0.4 is 14.8 Å². The van der Waals surface area contributed by atoms with Crippen molar-refractivity contribution >= 4 is 5.91 Å². The van der Waals surface area contributed by atoms with E-state index >= 15 is 0 Å². The summed E-state index contributed by atoms with van der Waals surface area (Å²) in [6.45, 7) is 0.297. The van der Waals surface area contributed by atoms with E-state index in [9.17, 15) is 4.79 Å². The summed E-state index contributed by atoms with van der Waals surface area (Å²) < 4.78 is 10.8. The van der Waals surface area contributed by atoms with Crippen LogP contribution in [0.3, 0.4) is 0 Å². The Morgan fingerprint density at radius 3 is 2.42 bits per heavy atom. The summed E-state index contributed by atoms with van der Waals surface area (Å²) in [4.78, 5) is 12.6. The number of benzene rings is 1. The maximum atomic E-state index is 12.6. The molecule has 4 saturated carbocycles. The molecule has 0 unspecified atom stereocenters. The maximum Gasteiger partial charge on any atom is 0.231 e. The first kappa shape index (κ1) is 14.6. The van der Waals surface area contributed by atoms with E-state index in [0.29, 0.717) is 13.2 Å². The molecular weight excluding hydrogens is 302 g/mol. The molecule has 24 heavy (non-hydrogen) atoms. The highest BCUT2D eigenvalue weighted by Crippen LogP contribution is 2.55. The lowest BCUT2D eigenvalue weighted by Crippen LogP contribution is -2.59. The van der Waals surface area contributed by atoms with Crippen molar-refractivity contribution in [2.24, 2.45) is 17.8 Å². The lowest BCUT2D eigenvalue weighted by Gasteiger charge is -2.56. The van der Waals surface area contributed by atoms with Crippen LogP contribution in [-0.4, -0.2) is 18.2 Å². The summed E-state index contributed by atoms with van der Waals surface area (Å²) in [5.41, 5.74) is 1.26. The Kier molecular flexibility index (Phi) is 3.29. The predicted octanol–water partition coefficient (Wildman–Crippen LogP) is 3.43. The Hall–Kier alpha value is -1.71. The van der Waals surface area contributed by atoms with Gasteiger partial charge in [0.15, 0.2) is 11.5 Å². The molecule has 4 bridgehead atoms. The van der Waals surface area contributed by atoms with Crippen LogP contribution in [0.25, 0.3) is 0 Å². The molecule has 0 saturated heterocycles. The molecule has 0 radical (unpaired) electrons. The van der Waals surface area contributed by atoms with Crippen molar-refractivity contribution in [1.82, 2.24) is 5.32 Å². The molecule has 6 rings (SSSR count). The van der Waals surface area contributed by atoms with Gasteiger partial charge in [0.1, 0.15) is 0 Å². The van der Waals surface area contributed by atoms with Gasteiger partial charge in [0.2, 0.25) is 12.7 Å². The largest absolute Gasteiger partial charge is 0.454 e. The van der Waals surface area contributed by atoms with Gasteiger partial charge in [-0.2, -0.15) is 0 Å². The van der Waals surface area contributed by atoms with E-state index in [-0.39, 0.29) is 11.4 Å². The van der Waals surface area contributed by atoms with Gasteiger partial charge in [-0.3, -0.25) is 4.79 Å². The van der Waals surface area contributed by atoms with E-state index in [1.165, 1.54) is 38.5 Å². The summed E-state index contributed by atoms with van der Waals surface area (Å²) in [6.07, 6.45) is 9.19. The van der Waals surface area contributed by atoms with Crippen LogP contribution in [0.2, 0.25) is 0 Å². The number of nitrogens with one attached hydrogen (secondary N) is 1. The number of fused-ring (bicyclic) bond motifs is 1. The number of hydrogen-bond acceptors (Lipinski definition) is 3. The highest BCUT2D eigenvalue weighted by atomic mass is 16.7. The third-order valence-corrected chi connectivity index (χ3v) is 6.52. The molecule has 4 fully saturated rings. The third-order valence-electron chi connectivity index (χ3n) is 6.52. The monoisotopic (exact) mass is 327 g/mol. The zero-order chi connectivity index (χ0) is 16.1. The minimum Gasteiger partial charge on any atom is -0.454 e. The zero-order valence-electron chi connectivity index (χ0n) is 14.1. The Labute approximate surface area is 142 Å². The van der Waals surface area contributed by atoms with Crippen LogP contribution in [0.15, 0.2) is 18.2 Å². The van der Waals surface area contributed by atoms with Gasteiger partial charge >= 0.3 is 0 Å². The smallest absolute Gasteiger partial charge is 0.231 e. The zero-order valence-corrected chi connectivity index (χ0v) is 14.1. The molecule has 5 aliphatic rings. The SMILES string of the molecule is O=C(CCc1ccc2c(c1)OCO2)NC12CC3CC(CC(C3)C1)C2. The van der Waals surface area contributed by atoms with Gasteiger partial charge < -0.3 is 14.8 Å². The quantitative estimate of drug-likeness (QED) is 0.921. The number of rotatable bonds is 4. The minimum absolute atomic E-state index is 0.126. The van der Waals surface area contributed by atoms with Crippen molar-refractivity contribution in [2.75, 3.05) is 6.79 Å². The van der Waals surface area contributed by atoms with Crippen molar-refractivity contribution in [1.29, 1.82) is 0 Å². The number of amides is 1. The number of aryl methyl sites for hydroxylation is 1. The second kappa shape index (κ2) is 5.40. The molecule has 0 spiro atoms. The highest BCUT2D eigenvalue weighted by Gasteiger charge is 2.51. The Morgan fingerprint density at radius 1 is 1.04 bits per heavy atom. The van der Waals surface area contributed by atoms with Crippen LogP contribution >= 0.6 is 0 Å². The minimum atomic E-state index is 0.126. The molecule has 128 valence electrons. The van der Waals surface area contributed by atoms with E-state index in [0.717, 1.165) is 41.2 Å². The average Bonchev–Trinajstić information content (AvgIpc) is 2.98. The van der Waals surface area contributed by atoms with Crippen molar-refractivity contribution in [2.45, 2.75) is 56.9 Å². The fraction of sp³-hybridized carbons (Fsp3) is 0.650. The summed E-state index contributed by atoms with van der Waals surface area (Å²) in [6, 6.07) is 5.97. The number of carbonyl (C=O) groups is 1. The number of hydrogen-bond donors (Lipinski definition) is 1. The van der Waals surface area contributed by atoms with Gasteiger partial charge in [0.05, 0.1) is 0 Å². The van der Waals surface area contributed by atoms with Crippen LogP contribution in [0, 0.1) is 17.8 Å². The van der Waals surface area contributed by atoms with E-state index in [1.807, 2.05) is 18.2 Å². The molecule has 4 heteroatoms. The van der Waals surface area contributed by atoms with E-state index in [2.05, 4.69) is 5.32 Å². The summed E-state index contributed by atoms with van der Waals surface area (Å²) in [5, 5.41) is 3.45. The van der Waals surface area contributed by atoms with Gasteiger partial charge in [0, 0.05) is 12.0 Å². The van der Waals surface area contributed by atoms with E-state index in [4.69, 9.17) is 9.47 Å².